The summed E-state index contributed by atoms with van der Waals surface area (Å²) in [5.74, 6) is -1.01. The summed E-state index contributed by atoms with van der Waals surface area (Å²) in [7, 11) is 0. The molecule has 2 N–H and O–H groups in total. The molecule has 0 aliphatic carbocycles. The topological polar surface area (TPSA) is 168 Å². The molecule has 12 nitrogen and oxygen atoms in total. The standard InChI is InChI=1S/C14H18O3.C9H9NO3.C7H7O3.C4H6O2/c1-10(2)13(15)16-11-6-8-12(9-7-11)17-14(3,4)5;1-6(2)9(12)13-8-7(11)4-3-5-10-8;8-7-4-1-3-2-5(10-7)6(4)9-3;1-3(2)4(5)6/h6-9H,1H2,2-5H3;3-5,11H,1H2,2H3;2-6H,1H2;1H2,2H3,(H,5,6). The zero-order chi connectivity index (χ0) is 34.8. The number of pyridine rings is 1. The van der Waals surface area contributed by atoms with Crippen molar-refractivity contribution < 1.29 is 53.1 Å². The number of fused-ring (bicyclic) bond motifs is 1. The molecular weight excluding hydrogens is 598 g/mol. The van der Waals surface area contributed by atoms with Crippen LogP contribution in [-0.2, 0) is 28.7 Å². The first kappa shape index (κ1) is 37.2. The van der Waals surface area contributed by atoms with Gasteiger partial charge < -0.3 is 33.9 Å². The van der Waals surface area contributed by atoms with Gasteiger partial charge in [0, 0.05) is 29.3 Å². The van der Waals surface area contributed by atoms with Gasteiger partial charge in [-0.25, -0.2) is 19.4 Å². The Morgan fingerprint density at radius 3 is 1.89 bits per heavy atom. The Morgan fingerprint density at radius 2 is 1.46 bits per heavy atom. The zero-order valence-corrected chi connectivity index (χ0v) is 26.8. The normalized spacial score (nSPS) is 19.7. The van der Waals surface area contributed by atoms with Crippen LogP contribution in [0.3, 0.4) is 0 Å². The average Bonchev–Trinajstić information content (AvgIpc) is 3.60. The molecule has 3 saturated heterocycles. The Hall–Kier alpha value is -4.97. The molecule has 0 saturated carbocycles. The third-order valence-corrected chi connectivity index (χ3v) is 5.96. The molecule has 0 amide bonds. The molecule has 0 spiro atoms. The van der Waals surface area contributed by atoms with Crippen molar-refractivity contribution in [2.24, 2.45) is 5.92 Å². The van der Waals surface area contributed by atoms with Crippen molar-refractivity contribution in [3.63, 3.8) is 0 Å². The van der Waals surface area contributed by atoms with Crippen LogP contribution in [0.2, 0.25) is 0 Å². The number of carboxylic acid groups (broad SMARTS) is 1. The Balaban J connectivity index is 0.000000225. The minimum atomic E-state index is -0.935. The van der Waals surface area contributed by atoms with E-state index in [4.69, 9.17) is 28.8 Å². The van der Waals surface area contributed by atoms with Crippen molar-refractivity contribution in [2.45, 2.75) is 71.9 Å². The van der Waals surface area contributed by atoms with Crippen LogP contribution in [0.1, 0.15) is 48.0 Å². The maximum Gasteiger partial charge on any atom is 0.339 e. The number of benzene rings is 1. The van der Waals surface area contributed by atoms with E-state index in [0.717, 1.165) is 12.2 Å². The monoisotopic (exact) mass is 638 g/mol. The highest BCUT2D eigenvalue weighted by atomic mass is 16.6. The Bertz CT molecular complexity index is 1440. The maximum atomic E-state index is 11.3. The summed E-state index contributed by atoms with van der Waals surface area (Å²) in [6, 6.07) is 9.85. The van der Waals surface area contributed by atoms with Crippen molar-refractivity contribution >= 4 is 23.9 Å². The van der Waals surface area contributed by atoms with Gasteiger partial charge in [0.25, 0.3) is 5.88 Å². The summed E-state index contributed by atoms with van der Waals surface area (Å²) in [5.41, 5.74) is 0.565. The average molecular weight is 639 g/mol. The van der Waals surface area contributed by atoms with Crippen LogP contribution >= 0.6 is 0 Å². The molecule has 3 aliphatic rings. The first-order valence-corrected chi connectivity index (χ1v) is 14.2. The molecule has 1 aromatic carbocycles. The van der Waals surface area contributed by atoms with Gasteiger partial charge in [-0.05, 0) is 84.4 Å². The highest BCUT2D eigenvalue weighted by Gasteiger charge is 2.58. The summed E-state index contributed by atoms with van der Waals surface area (Å²) >= 11 is 0. The number of aliphatic carboxylic acids is 1. The third kappa shape index (κ3) is 11.8. The molecule has 2 aromatic rings. The molecule has 247 valence electrons. The summed E-state index contributed by atoms with van der Waals surface area (Å²) in [5, 5.41) is 17.1. The van der Waals surface area contributed by atoms with E-state index in [1.54, 1.807) is 31.2 Å². The Labute approximate surface area is 268 Å². The van der Waals surface area contributed by atoms with Crippen molar-refractivity contribution in [3.05, 3.63) is 85.5 Å². The third-order valence-electron chi connectivity index (χ3n) is 5.96. The lowest BCUT2D eigenvalue weighted by Gasteiger charge is -2.21. The number of nitrogens with zero attached hydrogens (tertiary/aromatic N) is 1. The Kier molecular flexibility index (Phi) is 13.2. The summed E-state index contributed by atoms with van der Waals surface area (Å²) in [6.45, 7) is 20.6. The van der Waals surface area contributed by atoms with Gasteiger partial charge in [-0.3, -0.25) is 4.79 Å². The van der Waals surface area contributed by atoms with E-state index in [0.29, 0.717) is 11.3 Å². The van der Waals surface area contributed by atoms with Crippen LogP contribution in [0.15, 0.2) is 79.1 Å². The lowest BCUT2D eigenvalue weighted by atomic mass is 9.90. The molecule has 1 radical (unpaired) electrons. The predicted molar refractivity (Wildman–Crippen MR) is 167 cm³/mol. The number of ether oxygens (including phenoxy) is 5. The highest BCUT2D eigenvalue weighted by Crippen LogP contribution is 2.45. The quantitative estimate of drug-likeness (QED) is 0.242. The van der Waals surface area contributed by atoms with Gasteiger partial charge in [0.1, 0.15) is 29.3 Å². The Morgan fingerprint density at radius 1 is 0.913 bits per heavy atom. The van der Waals surface area contributed by atoms with Crippen molar-refractivity contribution in [1.82, 2.24) is 4.98 Å². The zero-order valence-electron chi connectivity index (χ0n) is 26.8. The van der Waals surface area contributed by atoms with Gasteiger partial charge in [0.2, 0.25) is 0 Å². The van der Waals surface area contributed by atoms with Crippen LogP contribution < -0.4 is 14.2 Å². The molecule has 12 heteroatoms. The number of esters is 3. The van der Waals surface area contributed by atoms with Crippen LogP contribution in [0.4, 0.5) is 0 Å². The summed E-state index contributed by atoms with van der Waals surface area (Å²) in [6.07, 6.45) is 4.51. The molecule has 3 aliphatic heterocycles. The predicted octanol–water partition coefficient (Wildman–Crippen LogP) is 5.16. The summed E-state index contributed by atoms with van der Waals surface area (Å²) in [4.78, 5) is 46.5. The van der Waals surface area contributed by atoms with Gasteiger partial charge in [0.15, 0.2) is 5.75 Å². The van der Waals surface area contributed by atoms with Crippen LogP contribution in [0.25, 0.3) is 0 Å². The molecule has 4 heterocycles. The minimum Gasteiger partial charge on any atom is -0.503 e. The largest absolute Gasteiger partial charge is 0.503 e. The van der Waals surface area contributed by atoms with Gasteiger partial charge in [-0.1, -0.05) is 19.7 Å². The fraction of sp³-hybridized carbons (Fsp3) is 0.353. The second kappa shape index (κ2) is 16.4. The van der Waals surface area contributed by atoms with E-state index in [2.05, 4.69) is 24.7 Å². The molecule has 1 aromatic heterocycles. The first-order chi connectivity index (χ1) is 21.4. The number of aromatic nitrogens is 1. The van der Waals surface area contributed by atoms with E-state index in [1.807, 2.05) is 27.2 Å². The number of carboxylic acids is 1. The number of aromatic hydroxyl groups is 1. The second-order valence-corrected chi connectivity index (χ2v) is 11.5. The fourth-order valence-corrected chi connectivity index (χ4v) is 3.81. The van der Waals surface area contributed by atoms with Gasteiger partial charge in [-0.15, -0.1) is 0 Å². The van der Waals surface area contributed by atoms with Crippen LogP contribution in [-0.4, -0.2) is 63.0 Å². The smallest absolute Gasteiger partial charge is 0.339 e. The molecule has 3 fully saturated rings. The number of carbonyl (C=O) groups is 4. The number of hydrogen-bond donors (Lipinski definition) is 2. The van der Waals surface area contributed by atoms with Crippen molar-refractivity contribution in [1.29, 1.82) is 0 Å². The van der Waals surface area contributed by atoms with E-state index < -0.39 is 17.9 Å². The minimum absolute atomic E-state index is 0.0174. The lowest BCUT2D eigenvalue weighted by Crippen LogP contribution is -2.22. The number of rotatable bonds is 6. The number of hydrogen-bond acceptors (Lipinski definition) is 11. The number of carbonyl (C=O) groups excluding carboxylic acids is 3. The fourth-order valence-electron chi connectivity index (χ4n) is 3.81. The van der Waals surface area contributed by atoms with E-state index in [-0.39, 0.29) is 58.6 Å². The van der Waals surface area contributed by atoms with E-state index in [1.165, 1.54) is 32.2 Å². The SMILES string of the molecule is C=C(C)C(=O)O.C=C(C)C(=O)Oc1ccc(OC(C)(C)C)cc1.C=C(C)C(=O)Oc1ncccc1O.O=C1OC2[CH]C3CC1C2O3. The molecular formula is C34H40NO11. The van der Waals surface area contributed by atoms with Crippen molar-refractivity contribution in [2.75, 3.05) is 0 Å². The molecule has 4 atom stereocenters. The molecule has 46 heavy (non-hydrogen) atoms. The molecule has 5 rings (SSSR count). The second-order valence-electron chi connectivity index (χ2n) is 11.5. The molecule has 2 bridgehead atoms. The molecule has 4 unspecified atom stereocenters. The van der Waals surface area contributed by atoms with Gasteiger partial charge in [0.05, 0.1) is 12.0 Å². The van der Waals surface area contributed by atoms with Crippen molar-refractivity contribution in [3.8, 4) is 23.1 Å². The lowest BCUT2D eigenvalue weighted by molar-refractivity contribution is -0.142. The van der Waals surface area contributed by atoms with E-state index in [9.17, 15) is 24.3 Å². The van der Waals surface area contributed by atoms with Crippen LogP contribution in [0, 0.1) is 12.3 Å². The van der Waals surface area contributed by atoms with Gasteiger partial charge in [-0.2, -0.15) is 0 Å². The maximum absolute atomic E-state index is 11.3. The summed E-state index contributed by atoms with van der Waals surface area (Å²) < 4.78 is 25.9. The highest BCUT2D eigenvalue weighted by molar-refractivity contribution is 5.89. The first-order valence-electron chi connectivity index (χ1n) is 14.2. The van der Waals surface area contributed by atoms with Crippen LogP contribution in [0.5, 0.6) is 23.1 Å². The van der Waals surface area contributed by atoms with Gasteiger partial charge >= 0.3 is 23.9 Å². The van der Waals surface area contributed by atoms with E-state index >= 15 is 0 Å².